The van der Waals surface area contributed by atoms with Gasteiger partial charge in [-0.05, 0) is 50.7 Å². The van der Waals surface area contributed by atoms with Crippen molar-refractivity contribution in [1.29, 1.82) is 0 Å². The van der Waals surface area contributed by atoms with Crippen LogP contribution in [0.2, 0.25) is 0 Å². The molecule has 1 aliphatic rings. The lowest BCUT2D eigenvalue weighted by Crippen LogP contribution is -2.39. The summed E-state index contributed by atoms with van der Waals surface area (Å²) in [5.74, 6) is 0.0998. The van der Waals surface area contributed by atoms with Crippen LogP contribution in [-0.2, 0) is 0 Å². The van der Waals surface area contributed by atoms with Gasteiger partial charge in [0.1, 0.15) is 0 Å². The van der Waals surface area contributed by atoms with E-state index in [4.69, 9.17) is 0 Å². The highest BCUT2D eigenvalue weighted by molar-refractivity contribution is 9.10. The summed E-state index contributed by atoms with van der Waals surface area (Å²) in [7, 11) is 4.02. The van der Waals surface area contributed by atoms with E-state index in [9.17, 15) is 4.79 Å². The fraction of sp³-hybridized carbons (Fsp3) is 0.500. The van der Waals surface area contributed by atoms with Crippen molar-refractivity contribution in [2.45, 2.75) is 18.9 Å². The fourth-order valence-electron chi connectivity index (χ4n) is 2.42. The summed E-state index contributed by atoms with van der Waals surface area (Å²) in [5.41, 5.74) is 0.751. The molecule has 0 saturated carbocycles. The predicted octanol–water partition coefficient (Wildman–Crippen LogP) is 2.62. The van der Waals surface area contributed by atoms with E-state index >= 15 is 0 Å². The zero-order chi connectivity index (χ0) is 13.1. The molecule has 1 fully saturated rings. The lowest BCUT2D eigenvalue weighted by Gasteiger charge is -2.26. The standard InChI is InChI=1S/C14H19BrN2O/c1-16-9-3-4-13(16)10-17(2)14(18)11-5-7-12(15)8-6-11/h5-8,13H,3-4,9-10H2,1-2H3. The Morgan fingerprint density at radius 3 is 2.67 bits per heavy atom. The molecule has 4 heteroatoms. The molecular weight excluding hydrogens is 292 g/mol. The monoisotopic (exact) mass is 310 g/mol. The number of halogens is 1. The highest BCUT2D eigenvalue weighted by Crippen LogP contribution is 2.17. The molecule has 0 spiro atoms. The number of rotatable bonds is 3. The molecular formula is C14H19BrN2O. The number of carbonyl (C=O) groups is 1. The van der Waals surface area contributed by atoms with Crippen LogP contribution in [0.1, 0.15) is 23.2 Å². The third-order valence-electron chi connectivity index (χ3n) is 3.59. The van der Waals surface area contributed by atoms with Gasteiger partial charge in [0.05, 0.1) is 0 Å². The summed E-state index contributed by atoms with van der Waals surface area (Å²) in [6.07, 6.45) is 2.43. The van der Waals surface area contributed by atoms with Gasteiger partial charge in [-0.15, -0.1) is 0 Å². The molecule has 0 bridgehead atoms. The van der Waals surface area contributed by atoms with Crippen LogP contribution < -0.4 is 0 Å². The molecule has 0 radical (unpaired) electrons. The molecule has 1 saturated heterocycles. The maximum absolute atomic E-state index is 12.2. The van der Waals surface area contributed by atoms with Gasteiger partial charge < -0.3 is 9.80 Å². The number of carbonyl (C=O) groups excluding carboxylic acids is 1. The molecule has 1 aliphatic heterocycles. The molecule has 0 aliphatic carbocycles. The Bertz CT molecular complexity index is 418. The van der Waals surface area contributed by atoms with Crippen LogP contribution in [0, 0.1) is 0 Å². The van der Waals surface area contributed by atoms with E-state index in [1.165, 1.54) is 12.8 Å². The average Bonchev–Trinajstić information content (AvgIpc) is 2.75. The number of benzene rings is 1. The lowest BCUT2D eigenvalue weighted by atomic mass is 10.1. The van der Waals surface area contributed by atoms with Crippen LogP contribution in [0.4, 0.5) is 0 Å². The summed E-state index contributed by atoms with van der Waals surface area (Å²) in [5, 5.41) is 0. The first-order valence-electron chi connectivity index (χ1n) is 6.29. The van der Waals surface area contributed by atoms with E-state index < -0.39 is 0 Å². The molecule has 0 N–H and O–H groups in total. The van der Waals surface area contributed by atoms with Crippen molar-refractivity contribution in [1.82, 2.24) is 9.80 Å². The molecule has 3 nitrogen and oxygen atoms in total. The molecule has 0 aromatic heterocycles. The molecule has 1 heterocycles. The lowest BCUT2D eigenvalue weighted by molar-refractivity contribution is 0.0761. The van der Waals surface area contributed by atoms with Crippen molar-refractivity contribution < 1.29 is 4.79 Å². The molecule has 18 heavy (non-hydrogen) atoms. The number of nitrogens with zero attached hydrogens (tertiary/aromatic N) is 2. The Balaban J connectivity index is 1.98. The highest BCUT2D eigenvalue weighted by atomic mass is 79.9. The Morgan fingerprint density at radius 2 is 2.11 bits per heavy atom. The number of likely N-dealkylation sites (tertiary alicyclic amines) is 1. The van der Waals surface area contributed by atoms with Gasteiger partial charge >= 0.3 is 0 Å². The first-order chi connectivity index (χ1) is 8.58. The Morgan fingerprint density at radius 1 is 1.44 bits per heavy atom. The Hall–Kier alpha value is -0.870. The van der Waals surface area contributed by atoms with Gasteiger partial charge in [-0.25, -0.2) is 0 Å². The van der Waals surface area contributed by atoms with Gasteiger partial charge in [-0.2, -0.15) is 0 Å². The van der Waals surface area contributed by atoms with Crippen LogP contribution in [0.5, 0.6) is 0 Å². The van der Waals surface area contributed by atoms with Crippen molar-refractivity contribution in [2.24, 2.45) is 0 Å². The van der Waals surface area contributed by atoms with Crippen molar-refractivity contribution in [2.75, 3.05) is 27.2 Å². The summed E-state index contributed by atoms with van der Waals surface area (Å²) in [4.78, 5) is 16.4. The van der Waals surface area contributed by atoms with Gasteiger partial charge in [0.15, 0.2) is 0 Å². The van der Waals surface area contributed by atoms with Crippen LogP contribution in [0.15, 0.2) is 28.7 Å². The minimum atomic E-state index is 0.0998. The summed E-state index contributed by atoms with van der Waals surface area (Å²) >= 11 is 3.38. The predicted molar refractivity (Wildman–Crippen MR) is 76.8 cm³/mol. The third-order valence-corrected chi connectivity index (χ3v) is 4.12. The summed E-state index contributed by atoms with van der Waals surface area (Å²) < 4.78 is 0.997. The van der Waals surface area contributed by atoms with E-state index in [0.29, 0.717) is 6.04 Å². The first kappa shape index (κ1) is 13.6. The molecule has 1 atom stereocenters. The number of likely N-dealkylation sites (N-methyl/N-ethyl adjacent to an activating group) is 2. The van der Waals surface area contributed by atoms with Crippen molar-refractivity contribution >= 4 is 21.8 Å². The van der Waals surface area contributed by atoms with Crippen LogP contribution in [0.25, 0.3) is 0 Å². The molecule has 1 amide bonds. The van der Waals surface area contributed by atoms with Gasteiger partial charge in [0, 0.05) is 29.7 Å². The Labute approximate surface area is 117 Å². The second-order valence-electron chi connectivity index (χ2n) is 4.97. The average molecular weight is 311 g/mol. The zero-order valence-corrected chi connectivity index (χ0v) is 12.5. The first-order valence-corrected chi connectivity index (χ1v) is 7.08. The van der Waals surface area contributed by atoms with Gasteiger partial charge in [0.25, 0.3) is 5.91 Å². The SMILES string of the molecule is CN(CC1CCCN1C)C(=O)c1ccc(Br)cc1. The highest BCUT2D eigenvalue weighted by Gasteiger charge is 2.24. The molecule has 98 valence electrons. The minimum Gasteiger partial charge on any atom is -0.340 e. The second-order valence-corrected chi connectivity index (χ2v) is 5.88. The quantitative estimate of drug-likeness (QED) is 0.857. The zero-order valence-electron chi connectivity index (χ0n) is 10.9. The van der Waals surface area contributed by atoms with E-state index in [-0.39, 0.29) is 5.91 Å². The van der Waals surface area contributed by atoms with Gasteiger partial charge in [-0.3, -0.25) is 4.79 Å². The number of hydrogen-bond donors (Lipinski definition) is 0. The van der Waals surface area contributed by atoms with E-state index in [1.807, 2.05) is 36.2 Å². The molecule has 1 aromatic rings. The van der Waals surface area contributed by atoms with Crippen molar-refractivity contribution in [3.63, 3.8) is 0 Å². The fourth-order valence-corrected chi connectivity index (χ4v) is 2.69. The van der Waals surface area contributed by atoms with Crippen molar-refractivity contribution in [3.05, 3.63) is 34.3 Å². The van der Waals surface area contributed by atoms with E-state index in [0.717, 1.165) is 23.1 Å². The Kier molecular flexibility index (Phi) is 4.40. The normalized spacial score (nSPS) is 20.1. The molecule has 2 rings (SSSR count). The number of hydrogen-bond acceptors (Lipinski definition) is 2. The summed E-state index contributed by atoms with van der Waals surface area (Å²) in [6.45, 7) is 1.95. The maximum atomic E-state index is 12.2. The van der Waals surface area contributed by atoms with Gasteiger partial charge in [-0.1, -0.05) is 15.9 Å². The molecule has 1 unspecified atom stereocenters. The second kappa shape index (κ2) is 5.85. The largest absolute Gasteiger partial charge is 0.340 e. The smallest absolute Gasteiger partial charge is 0.253 e. The summed E-state index contributed by atoms with van der Waals surface area (Å²) in [6, 6.07) is 8.04. The van der Waals surface area contributed by atoms with E-state index in [1.54, 1.807) is 0 Å². The third kappa shape index (κ3) is 3.12. The van der Waals surface area contributed by atoms with E-state index in [2.05, 4.69) is 27.9 Å². The topological polar surface area (TPSA) is 23.6 Å². The van der Waals surface area contributed by atoms with Gasteiger partial charge in [0.2, 0.25) is 0 Å². The van der Waals surface area contributed by atoms with Crippen LogP contribution in [0.3, 0.4) is 0 Å². The maximum Gasteiger partial charge on any atom is 0.253 e. The number of amides is 1. The minimum absolute atomic E-state index is 0.0998. The van der Waals surface area contributed by atoms with Crippen LogP contribution in [-0.4, -0.2) is 48.9 Å². The van der Waals surface area contributed by atoms with Crippen LogP contribution >= 0.6 is 15.9 Å². The molecule has 1 aromatic carbocycles. The van der Waals surface area contributed by atoms with Crippen molar-refractivity contribution in [3.8, 4) is 0 Å².